The van der Waals surface area contributed by atoms with Gasteiger partial charge >= 0.3 is 0 Å². The Balaban J connectivity index is 0.981. The lowest BCUT2D eigenvalue weighted by Gasteiger charge is -2.34. The summed E-state index contributed by atoms with van der Waals surface area (Å²) in [5, 5.41) is 7.26. The highest BCUT2D eigenvalue weighted by molar-refractivity contribution is 6.11. The molecule has 1 heterocycles. The van der Waals surface area contributed by atoms with Gasteiger partial charge < -0.3 is 9.47 Å². The fourth-order valence-electron chi connectivity index (χ4n) is 12.0. The molecule has 12 aromatic carbocycles. The van der Waals surface area contributed by atoms with Gasteiger partial charge in [-0.3, -0.25) is 0 Å². The van der Waals surface area contributed by atoms with Gasteiger partial charge in [-0.25, -0.2) is 0 Å². The van der Waals surface area contributed by atoms with Crippen molar-refractivity contribution in [1.29, 1.82) is 0 Å². The molecule has 0 spiro atoms. The van der Waals surface area contributed by atoms with E-state index in [4.69, 9.17) is 0 Å². The fourth-order valence-corrected chi connectivity index (χ4v) is 12.0. The average molecular weight is 903 g/mol. The summed E-state index contributed by atoms with van der Waals surface area (Å²) in [4.78, 5) is 2.48. The zero-order valence-electron chi connectivity index (χ0n) is 39.0. The molecule has 1 aliphatic carbocycles. The second-order valence-corrected chi connectivity index (χ2v) is 18.7. The first kappa shape index (κ1) is 40.8. The SMILES string of the molecule is c1ccc(C2(c3ccccc3)c3ccccc3-c3ccc(-n4c5ccccc5c5ccc(-c6ccccc6-c6ccccc6N(c6cccc7ccccc67)c6cccc7ccccc67)cc54)cc32)cc1. The Morgan fingerprint density at radius 3 is 1.46 bits per heavy atom. The zero-order chi connectivity index (χ0) is 46.9. The van der Waals surface area contributed by atoms with Crippen LogP contribution in [0.5, 0.6) is 0 Å². The van der Waals surface area contributed by atoms with E-state index in [1.165, 1.54) is 87.9 Å². The quantitative estimate of drug-likeness (QED) is 0.147. The van der Waals surface area contributed by atoms with Crippen molar-refractivity contribution < 1.29 is 0 Å². The van der Waals surface area contributed by atoms with E-state index in [-0.39, 0.29) is 0 Å². The first-order valence-electron chi connectivity index (χ1n) is 24.6. The van der Waals surface area contributed by atoms with Gasteiger partial charge in [0.05, 0.1) is 33.5 Å². The molecule has 332 valence electrons. The van der Waals surface area contributed by atoms with Crippen molar-refractivity contribution >= 4 is 60.4 Å². The van der Waals surface area contributed by atoms with Crippen LogP contribution in [-0.2, 0) is 5.41 Å². The van der Waals surface area contributed by atoms with Crippen LogP contribution in [-0.4, -0.2) is 4.57 Å². The minimum absolute atomic E-state index is 0.507. The molecule has 14 rings (SSSR count). The molecule has 2 nitrogen and oxygen atoms in total. The van der Waals surface area contributed by atoms with Gasteiger partial charge in [0.1, 0.15) is 0 Å². The van der Waals surface area contributed by atoms with Crippen molar-refractivity contribution in [1.82, 2.24) is 4.57 Å². The van der Waals surface area contributed by atoms with Gasteiger partial charge in [-0.2, -0.15) is 0 Å². The highest BCUT2D eigenvalue weighted by Crippen LogP contribution is 2.57. The lowest BCUT2D eigenvalue weighted by molar-refractivity contribution is 0.767. The molecule has 0 saturated heterocycles. The molecule has 0 atom stereocenters. The van der Waals surface area contributed by atoms with Gasteiger partial charge in [-0.05, 0) is 103 Å². The number of hydrogen-bond donors (Lipinski definition) is 0. The lowest BCUT2D eigenvalue weighted by Crippen LogP contribution is -2.28. The molecule has 71 heavy (non-hydrogen) atoms. The second kappa shape index (κ2) is 16.5. The molecular formula is C69H46N2. The smallest absolute Gasteiger partial charge is 0.0714 e. The Bertz CT molecular complexity index is 4050. The molecule has 0 radical (unpaired) electrons. The summed E-state index contributed by atoms with van der Waals surface area (Å²) >= 11 is 0. The number of hydrogen-bond acceptors (Lipinski definition) is 1. The van der Waals surface area contributed by atoms with E-state index in [2.05, 4.69) is 289 Å². The van der Waals surface area contributed by atoms with Crippen molar-refractivity contribution in [3.05, 3.63) is 301 Å². The summed E-state index contributed by atoms with van der Waals surface area (Å²) in [7, 11) is 0. The molecule has 0 saturated carbocycles. The molecule has 0 fully saturated rings. The minimum Gasteiger partial charge on any atom is -0.309 e. The second-order valence-electron chi connectivity index (χ2n) is 18.7. The van der Waals surface area contributed by atoms with E-state index in [1.54, 1.807) is 0 Å². The van der Waals surface area contributed by atoms with Crippen LogP contribution < -0.4 is 4.90 Å². The van der Waals surface area contributed by atoms with Crippen molar-refractivity contribution in [2.75, 3.05) is 4.90 Å². The Kier molecular flexibility index (Phi) is 9.47. The van der Waals surface area contributed by atoms with Gasteiger partial charge in [0.15, 0.2) is 0 Å². The van der Waals surface area contributed by atoms with E-state index >= 15 is 0 Å². The van der Waals surface area contributed by atoms with Crippen LogP contribution in [0.1, 0.15) is 22.3 Å². The summed E-state index contributed by atoms with van der Waals surface area (Å²) < 4.78 is 2.50. The van der Waals surface area contributed by atoms with E-state index in [0.29, 0.717) is 0 Å². The number of para-hydroxylation sites is 2. The maximum absolute atomic E-state index is 2.50. The number of anilines is 3. The number of nitrogens with zero attached hydrogens (tertiary/aromatic N) is 2. The van der Waals surface area contributed by atoms with Crippen LogP contribution in [0.4, 0.5) is 17.1 Å². The third kappa shape index (κ3) is 6.28. The molecule has 13 aromatic rings. The van der Waals surface area contributed by atoms with Gasteiger partial charge in [-0.15, -0.1) is 0 Å². The van der Waals surface area contributed by atoms with Crippen LogP contribution >= 0.6 is 0 Å². The first-order valence-corrected chi connectivity index (χ1v) is 24.6. The van der Waals surface area contributed by atoms with Crippen molar-refractivity contribution in [3.63, 3.8) is 0 Å². The maximum atomic E-state index is 2.50. The van der Waals surface area contributed by atoms with Crippen LogP contribution in [0.3, 0.4) is 0 Å². The molecule has 1 aliphatic rings. The van der Waals surface area contributed by atoms with Gasteiger partial charge in [0.25, 0.3) is 0 Å². The Morgan fingerprint density at radius 1 is 0.282 bits per heavy atom. The summed E-state index contributed by atoms with van der Waals surface area (Å²) in [5.74, 6) is 0. The van der Waals surface area contributed by atoms with Crippen LogP contribution in [0.2, 0.25) is 0 Å². The third-order valence-electron chi connectivity index (χ3n) is 15.1. The van der Waals surface area contributed by atoms with Crippen molar-refractivity contribution in [2.24, 2.45) is 0 Å². The van der Waals surface area contributed by atoms with E-state index in [1.807, 2.05) is 0 Å². The molecule has 0 amide bonds. The van der Waals surface area contributed by atoms with Gasteiger partial charge in [0, 0.05) is 32.8 Å². The number of rotatable bonds is 8. The van der Waals surface area contributed by atoms with Crippen LogP contribution in [0.25, 0.3) is 82.4 Å². The molecular weight excluding hydrogens is 857 g/mol. The topological polar surface area (TPSA) is 8.17 Å². The molecule has 2 heteroatoms. The molecule has 1 aromatic heterocycles. The maximum Gasteiger partial charge on any atom is 0.0714 e. The van der Waals surface area contributed by atoms with Crippen molar-refractivity contribution in [2.45, 2.75) is 5.41 Å². The third-order valence-corrected chi connectivity index (χ3v) is 15.1. The predicted octanol–water partition coefficient (Wildman–Crippen LogP) is 18.3. The predicted molar refractivity (Wildman–Crippen MR) is 299 cm³/mol. The minimum atomic E-state index is -0.507. The molecule has 0 aliphatic heterocycles. The van der Waals surface area contributed by atoms with E-state index < -0.39 is 5.41 Å². The molecule has 0 bridgehead atoms. The first-order chi connectivity index (χ1) is 35.3. The highest BCUT2D eigenvalue weighted by Gasteiger charge is 2.46. The number of fused-ring (bicyclic) bond motifs is 8. The van der Waals surface area contributed by atoms with Gasteiger partial charge in [-0.1, -0.05) is 237 Å². The van der Waals surface area contributed by atoms with Gasteiger partial charge in [0.2, 0.25) is 0 Å². The van der Waals surface area contributed by atoms with Crippen LogP contribution in [0.15, 0.2) is 279 Å². The standard InChI is InChI=1S/C69H46N2/c1-3-25-50(26-4-1)69(51-27-5-2-6-28-51)62-36-16-13-33-57(62)58-44-42-52(46-63(58)69)70-66-37-17-15-35-60(66)61-43-41-49(45-68(61)70)53-29-11-12-32-56(53)59-34-14-18-38-67(59)71(64-39-19-23-47-21-7-9-30-54(47)64)65-40-20-24-48-22-8-10-31-55(48)65/h1-46H. The van der Waals surface area contributed by atoms with Crippen LogP contribution in [0, 0.1) is 0 Å². The highest BCUT2D eigenvalue weighted by atomic mass is 15.1. The monoisotopic (exact) mass is 902 g/mol. The van der Waals surface area contributed by atoms with E-state index in [9.17, 15) is 0 Å². The van der Waals surface area contributed by atoms with Crippen molar-refractivity contribution in [3.8, 4) is 39.1 Å². The summed E-state index contributed by atoms with van der Waals surface area (Å²) in [6.45, 7) is 0. The van der Waals surface area contributed by atoms with E-state index in [0.717, 1.165) is 33.9 Å². The molecule has 0 N–H and O–H groups in total. The average Bonchev–Trinajstić information content (AvgIpc) is 3.94. The Morgan fingerprint density at radius 2 is 0.775 bits per heavy atom. The summed E-state index contributed by atoms with van der Waals surface area (Å²) in [6, 6.07) is 103. The Labute approximate surface area is 413 Å². The number of benzene rings is 12. The fraction of sp³-hybridized carbons (Fsp3) is 0.0145. The number of aromatic nitrogens is 1. The normalized spacial score (nSPS) is 12.6. The molecule has 0 unspecified atom stereocenters. The zero-order valence-corrected chi connectivity index (χ0v) is 39.0. The Hall–Kier alpha value is -9.24. The largest absolute Gasteiger partial charge is 0.309 e. The summed E-state index contributed by atoms with van der Waals surface area (Å²) in [6.07, 6.45) is 0. The summed E-state index contributed by atoms with van der Waals surface area (Å²) in [5.41, 5.74) is 18.7. The lowest BCUT2D eigenvalue weighted by atomic mass is 9.67.